The molecule has 0 saturated carbocycles. The summed E-state index contributed by atoms with van der Waals surface area (Å²) < 4.78 is 57.0. The van der Waals surface area contributed by atoms with Gasteiger partial charge >= 0.3 is 6.18 Å². The van der Waals surface area contributed by atoms with Crippen LogP contribution in [0.5, 0.6) is 11.8 Å². The van der Waals surface area contributed by atoms with Gasteiger partial charge in [-0.2, -0.15) is 13.2 Å². The summed E-state index contributed by atoms with van der Waals surface area (Å²) >= 11 is 5.89. The third-order valence-corrected chi connectivity index (χ3v) is 4.74. The van der Waals surface area contributed by atoms with Gasteiger partial charge in [0.25, 0.3) is 0 Å². The molecule has 3 rings (SSSR count). The molecule has 0 amide bonds. The molecular formula is C23H25ClF3N3O3. The average molecular weight is 484 g/mol. The van der Waals surface area contributed by atoms with Crippen molar-refractivity contribution in [3.63, 3.8) is 0 Å². The Balaban J connectivity index is 1.55. The van der Waals surface area contributed by atoms with Gasteiger partial charge in [-0.15, -0.1) is 5.10 Å². The molecule has 178 valence electrons. The Bertz CT molecular complexity index is 1030. The second kappa shape index (κ2) is 11.4. The molecule has 10 heteroatoms. The van der Waals surface area contributed by atoms with Crippen LogP contribution >= 0.6 is 11.6 Å². The summed E-state index contributed by atoms with van der Waals surface area (Å²) in [6.07, 6.45) is -1.64. The first-order valence-electron chi connectivity index (χ1n) is 10.4. The van der Waals surface area contributed by atoms with Gasteiger partial charge in [0.05, 0.1) is 38.0 Å². The molecule has 2 heterocycles. The number of alkyl halides is 3. The molecule has 0 saturated heterocycles. The van der Waals surface area contributed by atoms with Crippen LogP contribution in [0.25, 0.3) is 0 Å². The van der Waals surface area contributed by atoms with Crippen molar-refractivity contribution in [1.82, 2.24) is 14.8 Å². The highest BCUT2D eigenvalue weighted by atomic mass is 35.5. The monoisotopic (exact) mass is 483 g/mol. The highest BCUT2D eigenvalue weighted by Gasteiger charge is 2.31. The van der Waals surface area contributed by atoms with Gasteiger partial charge in [0, 0.05) is 24.4 Å². The molecule has 0 atom stereocenters. The SMILES string of the molecule is CC(C)Oc1nn(CCOCc2ccccc2)cc1CCOc1ncc(C(F)(F)F)cc1Cl. The van der Waals surface area contributed by atoms with Crippen molar-refractivity contribution in [2.24, 2.45) is 0 Å². The van der Waals surface area contributed by atoms with Crippen LogP contribution in [0.2, 0.25) is 5.02 Å². The number of ether oxygens (including phenoxy) is 3. The predicted octanol–water partition coefficient (Wildman–Crippen LogP) is 5.58. The number of pyridine rings is 1. The number of benzene rings is 1. The zero-order valence-electron chi connectivity index (χ0n) is 18.3. The van der Waals surface area contributed by atoms with E-state index in [0.29, 0.717) is 38.3 Å². The van der Waals surface area contributed by atoms with E-state index in [1.807, 2.05) is 50.4 Å². The largest absolute Gasteiger partial charge is 0.476 e. The fraction of sp³-hybridized carbons (Fsp3) is 0.391. The normalized spacial score (nSPS) is 11.7. The van der Waals surface area contributed by atoms with Gasteiger partial charge in [-0.25, -0.2) is 4.98 Å². The Hall–Kier alpha value is -2.78. The van der Waals surface area contributed by atoms with Gasteiger partial charge < -0.3 is 14.2 Å². The van der Waals surface area contributed by atoms with E-state index >= 15 is 0 Å². The second-order valence-corrected chi connectivity index (χ2v) is 7.94. The Labute approximate surface area is 195 Å². The van der Waals surface area contributed by atoms with Crippen LogP contribution < -0.4 is 9.47 Å². The highest BCUT2D eigenvalue weighted by Crippen LogP contribution is 2.33. The first-order chi connectivity index (χ1) is 15.7. The van der Waals surface area contributed by atoms with Gasteiger partial charge in [-0.3, -0.25) is 4.68 Å². The molecule has 3 aromatic rings. The zero-order valence-corrected chi connectivity index (χ0v) is 19.1. The van der Waals surface area contributed by atoms with Crippen LogP contribution in [0.3, 0.4) is 0 Å². The lowest BCUT2D eigenvalue weighted by Gasteiger charge is -2.11. The van der Waals surface area contributed by atoms with E-state index in [4.69, 9.17) is 25.8 Å². The molecule has 0 fully saturated rings. The number of nitrogens with zero attached hydrogens (tertiary/aromatic N) is 3. The summed E-state index contributed by atoms with van der Waals surface area (Å²) in [7, 11) is 0. The van der Waals surface area contributed by atoms with Gasteiger partial charge in [-0.1, -0.05) is 41.9 Å². The van der Waals surface area contributed by atoms with Crippen LogP contribution in [0.1, 0.15) is 30.5 Å². The van der Waals surface area contributed by atoms with E-state index in [2.05, 4.69) is 10.1 Å². The molecule has 6 nitrogen and oxygen atoms in total. The number of hydrogen-bond donors (Lipinski definition) is 0. The van der Waals surface area contributed by atoms with E-state index in [1.54, 1.807) is 4.68 Å². The fourth-order valence-corrected chi connectivity index (χ4v) is 3.14. The third-order valence-electron chi connectivity index (χ3n) is 4.47. The van der Waals surface area contributed by atoms with E-state index in [0.717, 1.165) is 17.2 Å². The van der Waals surface area contributed by atoms with E-state index in [9.17, 15) is 13.2 Å². The van der Waals surface area contributed by atoms with Crippen molar-refractivity contribution in [2.45, 2.75) is 45.7 Å². The van der Waals surface area contributed by atoms with Gasteiger partial charge in [0.2, 0.25) is 11.8 Å². The van der Waals surface area contributed by atoms with Crippen molar-refractivity contribution in [3.8, 4) is 11.8 Å². The molecule has 1 aromatic carbocycles. The van der Waals surface area contributed by atoms with Crippen LogP contribution in [0, 0.1) is 0 Å². The molecule has 0 aliphatic rings. The molecule has 0 spiro atoms. The first-order valence-corrected chi connectivity index (χ1v) is 10.8. The van der Waals surface area contributed by atoms with Crippen LogP contribution in [-0.2, 0) is 30.5 Å². The lowest BCUT2D eigenvalue weighted by molar-refractivity contribution is -0.137. The summed E-state index contributed by atoms with van der Waals surface area (Å²) in [6, 6.07) is 10.7. The number of hydrogen-bond acceptors (Lipinski definition) is 5. The van der Waals surface area contributed by atoms with Gasteiger partial charge in [0.1, 0.15) is 5.02 Å². The summed E-state index contributed by atoms with van der Waals surface area (Å²) in [4.78, 5) is 3.68. The minimum Gasteiger partial charge on any atom is -0.476 e. The van der Waals surface area contributed by atoms with Crippen molar-refractivity contribution in [1.29, 1.82) is 0 Å². The lowest BCUT2D eigenvalue weighted by atomic mass is 10.2. The second-order valence-electron chi connectivity index (χ2n) is 7.53. The van der Waals surface area contributed by atoms with Gasteiger partial charge in [0.15, 0.2) is 0 Å². The fourth-order valence-electron chi connectivity index (χ4n) is 2.92. The standard InChI is InChI=1S/C23H25ClF3N3O3/c1-16(2)33-21-18(8-10-32-22-20(24)12-19(13-28-22)23(25,26)27)14-30(29-21)9-11-31-15-17-6-4-3-5-7-17/h3-7,12-14,16H,8-11,15H2,1-2H3. The number of halogens is 4. The third kappa shape index (κ3) is 7.64. The highest BCUT2D eigenvalue weighted by molar-refractivity contribution is 6.31. The van der Waals surface area contributed by atoms with E-state index < -0.39 is 11.7 Å². The van der Waals surface area contributed by atoms with Crippen molar-refractivity contribution in [3.05, 3.63) is 70.5 Å². The van der Waals surface area contributed by atoms with E-state index in [-0.39, 0.29) is 23.6 Å². The molecule has 0 bridgehead atoms. The summed E-state index contributed by atoms with van der Waals surface area (Å²) in [5.41, 5.74) is 0.966. The summed E-state index contributed by atoms with van der Waals surface area (Å²) in [6.45, 7) is 5.46. The number of aromatic nitrogens is 3. The van der Waals surface area contributed by atoms with Gasteiger partial charge in [-0.05, 0) is 25.5 Å². The minimum atomic E-state index is -4.52. The zero-order chi connectivity index (χ0) is 23.8. The molecule has 0 N–H and O–H groups in total. The van der Waals surface area contributed by atoms with Crippen LogP contribution in [0.4, 0.5) is 13.2 Å². The Morgan fingerprint density at radius 1 is 1.09 bits per heavy atom. The van der Waals surface area contributed by atoms with Crippen molar-refractivity contribution < 1.29 is 27.4 Å². The topological polar surface area (TPSA) is 58.4 Å². The minimum absolute atomic E-state index is 0.0577. The maximum atomic E-state index is 12.7. The molecule has 0 radical (unpaired) electrons. The van der Waals surface area contributed by atoms with Crippen molar-refractivity contribution >= 4 is 11.6 Å². The predicted molar refractivity (Wildman–Crippen MR) is 118 cm³/mol. The van der Waals surface area contributed by atoms with E-state index in [1.165, 1.54) is 0 Å². The molecule has 2 aromatic heterocycles. The van der Waals surface area contributed by atoms with Crippen LogP contribution in [0.15, 0.2) is 48.8 Å². The Morgan fingerprint density at radius 2 is 1.85 bits per heavy atom. The van der Waals surface area contributed by atoms with Crippen molar-refractivity contribution in [2.75, 3.05) is 13.2 Å². The average Bonchev–Trinajstić information content (AvgIpc) is 3.13. The molecule has 0 aliphatic carbocycles. The first kappa shape index (κ1) is 24.9. The quantitative estimate of drug-likeness (QED) is 0.333. The molecular weight excluding hydrogens is 459 g/mol. The molecule has 33 heavy (non-hydrogen) atoms. The summed E-state index contributed by atoms with van der Waals surface area (Å²) in [5, 5.41) is 4.27. The van der Waals surface area contributed by atoms with Crippen LogP contribution in [-0.4, -0.2) is 34.1 Å². The molecule has 0 unspecified atom stereocenters. The smallest absolute Gasteiger partial charge is 0.417 e. The number of rotatable bonds is 11. The maximum Gasteiger partial charge on any atom is 0.417 e. The Kier molecular flexibility index (Phi) is 8.57. The maximum absolute atomic E-state index is 12.7. The summed E-state index contributed by atoms with van der Waals surface area (Å²) in [5.74, 6) is 0.417. The lowest BCUT2D eigenvalue weighted by Crippen LogP contribution is -2.10. The molecule has 0 aliphatic heterocycles. The Morgan fingerprint density at radius 3 is 2.52 bits per heavy atom.